The van der Waals surface area contributed by atoms with Gasteiger partial charge in [0.05, 0.1) is 19.8 Å². The molecule has 1 N–H and O–H groups in total. The molecule has 0 radical (unpaired) electrons. The fourth-order valence-electron chi connectivity index (χ4n) is 2.69. The minimum absolute atomic E-state index is 0.0976. The smallest absolute Gasteiger partial charge is 0.193 e. The summed E-state index contributed by atoms with van der Waals surface area (Å²) in [6.07, 6.45) is 0.0976. The van der Waals surface area contributed by atoms with Gasteiger partial charge in [0.15, 0.2) is 5.96 Å². The molecule has 1 unspecified atom stereocenters. The highest BCUT2D eigenvalue weighted by Crippen LogP contribution is 2.24. The van der Waals surface area contributed by atoms with E-state index in [1.54, 1.807) is 0 Å². The maximum Gasteiger partial charge on any atom is 0.193 e. The number of hydrogen-bond acceptors (Lipinski definition) is 3. The van der Waals surface area contributed by atoms with Crippen LogP contribution < -0.4 is 5.32 Å². The maximum atomic E-state index is 5.96. The van der Waals surface area contributed by atoms with E-state index in [9.17, 15) is 0 Å². The van der Waals surface area contributed by atoms with Gasteiger partial charge in [-0.3, -0.25) is 4.99 Å². The summed E-state index contributed by atoms with van der Waals surface area (Å²) in [6.45, 7) is 8.73. The number of aliphatic imine (C=N–C) groups is 1. The van der Waals surface area contributed by atoms with Crippen LogP contribution in [0, 0.1) is 6.92 Å². The summed E-state index contributed by atoms with van der Waals surface area (Å²) in [5, 5.41) is 3.36. The third kappa shape index (κ3) is 4.45. The first-order valence-corrected chi connectivity index (χ1v) is 7.96. The molecule has 22 heavy (non-hydrogen) atoms. The number of nitrogens with one attached hydrogen (secondary N) is 1. The molecule has 1 saturated heterocycles. The van der Waals surface area contributed by atoms with Crippen LogP contribution in [0.15, 0.2) is 29.3 Å². The summed E-state index contributed by atoms with van der Waals surface area (Å²) in [5.74, 6) is 0.918. The van der Waals surface area contributed by atoms with E-state index in [-0.39, 0.29) is 6.10 Å². The Morgan fingerprint density at radius 3 is 3.00 bits per heavy atom. The molecule has 1 aromatic carbocycles. The number of aryl methyl sites for hydroxylation is 1. The molecule has 0 aliphatic carbocycles. The fraction of sp³-hybridized carbons (Fsp3) is 0.588. The Balaban J connectivity index is 1.96. The topological polar surface area (TPSA) is 46.1 Å². The van der Waals surface area contributed by atoms with Crippen LogP contribution in [0.1, 0.15) is 24.2 Å². The Morgan fingerprint density at radius 1 is 1.45 bits per heavy atom. The molecule has 0 spiro atoms. The van der Waals surface area contributed by atoms with Gasteiger partial charge in [-0.1, -0.05) is 24.3 Å². The zero-order valence-corrected chi connectivity index (χ0v) is 13.8. The van der Waals surface area contributed by atoms with Gasteiger partial charge in [-0.15, -0.1) is 0 Å². The highest BCUT2D eigenvalue weighted by molar-refractivity contribution is 5.80. The number of nitrogens with zero attached hydrogens (tertiary/aromatic N) is 2. The van der Waals surface area contributed by atoms with Crippen LogP contribution in [0.2, 0.25) is 0 Å². The van der Waals surface area contributed by atoms with E-state index in [2.05, 4.69) is 46.4 Å². The van der Waals surface area contributed by atoms with E-state index in [0.29, 0.717) is 13.2 Å². The first-order valence-electron chi connectivity index (χ1n) is 7.96. The van der Waals surface area contributed by atoms with E-state index in [1.807, 2.05) is 14.0 Å². The molecule has 1 fully saturated rings. The largest absolute Gasteiger partial charge is 0.380 e. The fourth-order valence-corrected chi connectivity index (χ4v) is 2.69. The quantitative estimate of drug-likeness (QED) is 0.513. The highest BCUT2D eigenvalue weighted by atomic mass is 16.5. The lowest BCUT2D eigenvalue weighted by atomic mass is 10.0. The molecule has 1 aliphatic rings. The van der Waals surface area contributed by atoms with Gasteiger partial charge < -0.3 is 19.7 Å². The summed E-state index contributed by atoms with van der Waals surface area (Å²) in [6, 6.07) is 8.41. The van der Waals surface area contributed by atoms with Gasteiger partial charge in [0.2, 0.25) is 0 Å². The summed E-state index contributed by atoms with van der Waals surface area (Å²) >= 11 is 0. The third-order valence-corrected chi connectivity index (χ3v) is 3.85. The molecule has 2 rings (SSSR count). The molecule has 1 atom stereocenters. The molecule has 122 valence electrons. The van der Waals surface area contributed by atoms with Crippen molar-refractivity contribution in [2.45, 2.75) is 20.0 Å². The van der Waals surface area contributed by atoms with Crippen molar-refractivity contribution in [3.63, 3.8) is 0 Å². The van der Waals surface area contributed by atoms with Crippen molar-refractivity contribution in [2.24, 2.45) is 4.99 Å². The van der Waals surface area contributed by atoms with Gasteiger partial charge in [-0.2, -0.15) is 0 Å². The molecule has 5 nitrogen and oxygen atoms in total. The van der Waals surface area contributed by atoms with Crippen LogP contribution in [0.3, 0.4) is 0 Å². The first kappa shape index (κ1) is 16.8. The highest BCUT2D eigenvalue weighted by Gasteiger charge is 2.24. The SMILES string of the molecule is CCOCCNC(=NC)N1CCOC(c2ccccc2C)C1. The van der Waals surface area contributed by atoms with Gasteiger partial charge >= 0.3 is 0 Å². The zero-order chi connectivity index (χ0) is 15.8. The molecule has 0 amide bonds. The molecule has 0 bridgehead atoms. The van der Waals surface area contributed by atoms with Crippen LogP contribution in [0.4, 0.5) is 0 Å². The van der Waals surface area contributed by atoms with Crippen LogP contribution in [0.5, 0.6) is 0 Å². The van der Waals surface area contributed by atoms with Gasteiger partial charge in [0.25, 0.3) is 0 Å². The Hall–Kier alpha value is -1.59. The molecule has 5 heteroatoms. The number of morpholine rings is 1. The maximum absolute atomic E-state index is 5.96. The lowest BCUT2D eigenvalue weighted by Crippen LogP contribution is -2.48. The van der Waals surface area contributed by atoms with Gasteiger partial charge in [0.1, 0.15) is 6.10 Å². The number of ether oxygens (including phenoxy) is 2. The minimum atomic E-state index is 0.0976. The van der Waals surface area contributed by atoms with Crippen LogP contribution in [-0.4, -0.2) is 57.4 Å². The van der Waals surface area contributed by atoms with Crippen molar-refractivity contribution in [1.82, 2.24) is 10.2 Å². The third-order valence-electron chi connectivity index (χ3n) is 3.85. The summed E-state index contributed by atoms with van der Waals surface area (Å²) in [5.41, 5.74) is 2.53. The Bertz CT molecular complexity index is 491. The molecule has 1 aromatic rings. The van der Waals surface area contributed by atoms with Crippen molar-refractivity contribution in [3.8, 4) is 0 Å². The Kier molecular flexibility index (Phi) is 6.68. The number of rotatable bonds is 5. The van der Waals surface area contributed by atoms with Gasteiger partial charge in [-0.25, -0.2) is 0 Å². The van der Waals surface area contributed by atoms with Crippen LogP contribution in [0.25, 0.3) is 0 Å². The average Bonchev–Trinajstić information content (AvgIpc) is 2.55. The predicted octanol–water partition coefficient (Wildman–Crippen LogP) is 1.98. The Labute approximate surface area is 133 Å². The molecule has 0 saturated carbocycles. The van der Waals surface area contributed by atoms with E-state index >= 15 is 0 Å². The second kappa shape index (κ2) is 8.76. The van der Waals surface area contributed by atoms with Crippen molar-refractivity contribution in [2.75, 3.05) is 46.5 Å². The molecular weight excluding hydrogens is 278 g/mol. The van der Waals surface area contributed by atoms with Crippen molar-refractivity contribution in [3.05, 3.63) is 35.4 Å². The number of guanidine groups is 1. The van der Waals surface area contributed by atoms with Crippen molar-refractivity contribution in [1.29, 1.82) is 0 Å². The summed E-state index contributed by atoms with van der Waals surface area (Å²) in [4.78, 5) is 6.64. The molecule has 1 heterocycles. The van der Waals surface area contributed by atoms with Gasteiger partial charge in [0, 0.05) is 26.7 Å². The molecular formula is C17H27N3O2. The van der Waals surface area contributed by atoms with Crippen LogP contribution >= 0.6 is 0 Å². The van der Waals surface area contributed by atoms with Crippen molar-refractivity contribution >= 4 is 5.96 Å². The van der Waals surface area contributed by atoms with E-state index in [1.165, 1.54) is 11.1 Å². The lowest BCUT2D eigenvalue weighted by molar-refractivity contribution is -0.00842. The summed E-state index contributed by atoms with van der Waals surface area (Å²) < 4.78 is 11.3. The second-order valence-electron chi connectivity index (χ2n) is 5.33. The number of benzene rings is 1. The minimum Gasteiger partial charge on any atom is -0.380 e. The van der Waals surface area contributed by atoms with Crippen molar-refractivity contribution < 1.29 is 9.47 Å². The average molecular weight is 305 g/mol. The van der Waals surface area contributed by atoms with E-state index in [0.717, 1.165) is 32.2 Å². The normalized spacial score (nSPS) is 19.3. The van der Waals surface area contributed by atoms with E-state index < -0.39 is 0 Å². The lowest BCUT2D eigenvalue weighted by Gasteiger charge is -2.35. The molecule has 1 aliphatic heterocycles. The van der Waals surface area contributed by atoms with Gasteiger partial charge in [-0.05, 0) is 25.0 Å². The number of hydrogen-bond donors (Lipinski definition) is 1. The molecule has 0 aromatic heterocycles. The second-order valence-corrected chi connectivity index (χ2v) is 5.33. The van der Waals surface area contributed by atoms with E-state index in [4.69, 9.17) is 9.47 Å². The standard InChI is InChI=1S/C17H27N3O2/c1-4-21-11-9-19-17(18-3)20-10-12-22-16(13-20)15-8-6-5-7-14(15)2/h5-8,16H,4,9-13H2,1-3H3,(H,18,19). The van der Waals surface area contributed by atoms with Crippen LogP contribution in [-0.2, 0) is 9.47 Å². The monoisotopic (exact) mass is 305 g/mol. The zero-order valence-electron chi connectivity index (χ0n) is 13.8. The predicted molar refractivity (Wildman–Crippen MR) is 89.3 cm³/mol. The first-order chi connectivity index (χ1) is 10.8. The Morgan fingerprint density at radius 2 is 2.27 bits per heavy atom. The summed E-state index contributed by atoms with van der Waals surface area (Å²) in [7, 11) is 1.82.